The Labute approximate surface area is 137 Å². The first-order valence-electron chi connectivity index (χ1n) is 7.18. The Bertz CT molecular complexity index is 949. The lowest BCUT2D eigenvalue weighted by Gasteiger charge is -2.13. The van der Waals surface area contributed by atoms with Gasteiger partial charge in [0.25, 0.3) is 0 Å². The van der Waals surface area contributed by atoms with Gasteiger partial charge in [0.1, 0.15) is 5.69 Å². The van der Waals surface area contributed by atoms with Crippen molar-refractivity contribution in [2.24, 2.45) is 5.18 Å². The largest absolute Gasteiger partial charge is 0.504 e. The highest BCUT2D eigenvalue weighted by Gasteiger charge is 2.21. The minimum atomic E-state index is -0.666. The predicted molar refractivity (Wildman–Crippen MR) is 91.6 cm³/mol. The van der Waals surface area contributed by atoms with Crippen molar-refractivity contribution in [3.63, 3.8) is 0 Å². The predicted octanol–water partition coefficient (Wildman–Crippen LogP) is 4.05. The van der Waals surface area contributed by atoms with Crippen LogP contribution in [0.1, 0.15) is 15.9 Å². The van der Waals surface area contributed by atoms with Gasteiger partial charge in [-0.3, -0.25) is 0 Å². The van der Waals surface area contributed by atoms with Crippen molar-refractivity contribution in [1.82, 2.24) is 0 Å². The number of carbonyl (C=O) groups excluding carboxylic acids is 1. The third-order valence-corrected chi connectivity index (χ3v) is 3.78. The molecule has 0 radical (unpaired) electrons. The molecule has 0 aromatic heterocycles. The molecule has 0 aliphatic carbocycles. The van der Waals surface area contributed by atoms with Gasteiger partial charge >= 0.3 is 5.97 Å². The minimum absolute atomic E-state index is 0.0786. The zero-order valence-electron chi connectivity index (χ0n) is 12.8. The van der Waals surface area contributed by atoms with Gasteiger partial charge in [-0.2, -0.15) is 0 Å². The second-order valence-corrected chi connectivity index (χ2v) is 5.30. The number of nitrogens with two attached hydrogens (primary N) is 1. The van der Waals surface area contributed by atoms with E-state index >= 15 is 0 Å². The molecule has 0 fully saturated rings. The summed E-state index contributed by atoms with van der Waals surface area (Å²) in [5.41, 5.74) is 6.81. The molecule has 0 bridgehead atoms. The van der Waals surface area contributed by atoms with Crippen LogP contribution in [0.2, 0.25) is 0 Å². The van der Waals surface area contributed by atoms with E-state index in [-0.39, 0.29) is 22.7 Å². The van der Waals surface area contributed by atoms with Crippen LogP contribution < -0.4 is 10.5 Å². The molecule has 0 amide bonds. The van der Waals surface area contributed by atoms with E-state index in [0.717, 1.165) is 0 Å². The van der Waals surface area contributed by atoms with Crippen molar-refractivity contribution < 1.29 is 14.6 Å². The summed E-state index contributed by atoms with van der Waals surface area (Å²) in [4.78, 5) is 23.5. The van der Waals surface area contributed by atoms with Gasteiger partial charge in [0.05, 0.1) is 5.56 Å². The summed E-state index contributed by atoms with van der Waals surface area (Å²) in [5, 5.41) is 14.4. The molecule has 0 saturated carbocycles. The molecule has 6 nitrogen and oxygen atoms in total. The van der Waals surface area contributed by atoms with Crippen LogP contribution in [0.15, 0.2) is 53.7 Å². The Morgan fingerprint density at radius 1 is 1.08 bits per heavy atom. The maximum absolute atomic E-state index is 12.3. The van der Waals surface area contributed by atoms with Crippen LogP contribution in [0.25, 0.3) is 10.8 Å². The third-order valence-electron chi connectivity index (χ3n) is 3.78. The van der Waals surface area contributed by atoms with E-state index in [0.29, 0.717) is 22.0 Å². The van der Waals surface area contributed by atoms with Gasteiger partial charge in [-0.1, -0.05) is 24.3 Å². The molecule has 3 aromatic carbocycles. The number of aromatic hydroxyl groups is 1. The summed E-state index contributed by atoms with van der Waals surface area (Å²) >= 11 is 0. The number of hydrogen-bond acceptors (Lipinski definition) is 6. The summed E-state index contributed by atoms with van der Waals surface area (Å²) < 4.78 is 5.32. The first-order valence-corrected chi connectivity index (χ1v) is 7.18. The highest BCUT2D eigenvalue weighted by atomic mass is 16.5. The van der Waals surface area contributed by atoms with Gasteiger partial charge in [-0.05, 0) is 36.4 Å². The first kappa shape index (κ1) is 15.5. The molecule has 3 aromatic rings. The van der Waals surface area contributed by atoms with Gasteiger partial charge < -0.3 is 15.6 Å². The average Bonchev–Trinajstić information content (AvgIpc) is 2.59. The second kappa shape index (κ2) is 6.00. The summed E-state index contributed by atoms with van der Waals surface area (Å²) in [6.07, 6.45) is 0. The van der Waals surface area contributed by atoms with E-state index in [1.54, 1.807) is 43.3 Å². The first-order chi connectivity index (χ1) is 11.5. The number of carbonyl (C=O) groups is 1. The zero-order valence-corrected chi connectivity index (χ0v) is 12.8. The van der Waals surface area contributed by atoms with Crippen molar-refractivity contribution >= 4 is 28.1 Å². The minimum Gasteiger partial charge on any atom is -0.504 e. The highest BCUT2D eigenvalue weighted by Crippen LogP contribution is 2.44. The Balaban J connectivity index is 2.11. The molecule has 0 aliphatic rings. The topological polar surface area (TPSA) is 102 Å². The Morgan fingerprint density at radius 3 is 2.33 bits per heavy atom. The van der Waals surface area contributed by atoms with E-state index in [1.165, 1.54) is 12.1 Å². The van der Waals surface area contributed by atoms with Gasteiger partial charge in [0, 0.05) is 22.0 Å². The molecule has 0 atom stereocenters. The van der Waals surface area contributed by atoms with Gasteiger partial charge in [-0.15, -0.1) is 4.91 Å². The molecule has 0 aliphatic heterocycles. The standard InChI is InChI=1S/C18H14N2O4/c1-10-15(20-23)13-4-2-3-5-14(13)16(21)17(10)24-18(22)11-6-8-12(19)9-7-11/h2-9,21H,19H2,1H3. The molecule has 3 N–H and O–H groups in total. The van der Waals surface area contributed by atoms with Gasteiger partial charge in [0.15, 0.2) is 11.5 Å². The smallest absolute Gasteiger partial charge is 0.343 e. The van der Waals surface area contributed by atoms with Crippen LogP contribution in [0.4, 0.5) is 11.4 Å². The van der Waals surface area contributed by atoms with Gasteiger partial charge in [-0.25, -0.2) is 4.79 Å². The van der Waals surface area contributed by atoms with Crippen LogP contribution in [0, 0.1) is 11.8 Å². The number of nitrogens with zero attached hydrogens (tertiary/aromatic N) is 1. The number of anilines is 1. The number of benzene rings is 3. The van der Waals surface area contributed by atoms with Crippen molar-refractivity contribution in [2.75, 3.05) is 5.73 Å². The monoisotopic (exact) mass is 322 g/mol. The maximum Gasteiger partial charge on any atom is 0.343 e. The number of fused-ring (bicyclic) bond motifs is 1. The Morgan fingerprint density at radius 2 is 1.71 bits per heavy atom. The lowest BCUT2D eigenvalue weighted by atomic mass is 10.0. The fourth-order valence-corrected chi connectivity index (χ4v) is 2.52. The molecule has 6 heteroatoms. The average molecular weight is 322 g/mol. The van der Waals surface area contributed by atoms with E-state index < -0.39 is 5.97 Å². The number of nitrogen functional groups attached to an aromatic ring is 1. The van der Waals surface area contributed by atoms with Crippen LogP contribution in [0.5, 0.6) is 11.5 Å². The highest BCUT2D eigenvalue weighted by molar-refractivity contribution is 6.02. The van der Waals surface area contributed by atoms with Crippen molar-refractivity contribution in [3.8, 4) is 11.5 Å². The molecule has 3 rings (SSSR count). The zero-order chi connectivity index (χ0) is 17.3. The van der Waals surface area contributed by atoms with Crippen LogP contribution in [0.3, 0.4) is 0 Å². The maximum atomic E-state index is 12.3. The van der Waals surface area contributed by atoms with E-state index in [2.05, 4.69) is 5.18 Å². The summed E-state index contributed by atoms with van der Waals surface area (Å²) in [7, 11) is 0. The lowest BCUT2D eigenvalue weighted by molar-refractivity contribution is 0.0729. The molecule has 0 heterocycles. The van der Waals surface area contributed by atoms with E-state index in [4.69, 9.17) is 10.5 Å². The molecule has 0 saturated heterocycles. The van der Waals surface area contributed by atoms with E-state index in [9.17, 15) is 14.8 Å². The summed E-state index contributed by atoms with van der Waals surface area (Å²) in [5.74, 6) is -0.954. The number of nitroso groups, excluding NO2 is 1. The Hall–Kier alpha value is -3.41. The second-order valence-electron chi connectivity index (χ2n) is 5.30. The van der Waals surface area contributed by atoms with Gasteiger partial charge in [0.2, 0.25) is 0 Å². The molecular weight excluding hydrogens is 308 g/mol. The normalized spacial score (nSPS) is 10.5. The molecule has 24 heavy (non-hydrogen) atoms. The number of phenols is 1. The van der Waals surface area contributed by atoms with E-state index in [1.807, 2.05) is 0 Å². The number of rotatable bonds is 3. The van der Waals surface area contributed by atoms with Crippen LogP contribution >= 0.6 is 0 Å². The van der Waals surface area contributed by atoms with Crippen molar-refractivity contribution in [1.29, 1.82) is 0 Å². The number of ether oxygens (including phenoxy) is 1. The molecule has 0 spiro atoms. The van der Waals surface area contributed by atoms with Crippen molar-refractivity contribution in [3.05, 3.63) is 64.6 Å². The fraction of sp³-hybridized carbons (Fsp3) is 0.0556. The Kier molecular flexibility index (Phi) is 3.87. The molecule has 0 unspecified atom stereocenters. The SMILES string of the molecule is Cc1c(OC(=O)c2ccc(N)cc2)c(O)c2ccccc2c1N=O. The number of esters is 1. The lowest BCUT2D eigenvalue weighted by Crippen LogP contribution is -2.09. The molecule has 120 valence electrons. The molecular formula is C18H14N2O4. The number of phenolic OH excluding ortho intramolecular Hbond substituents is 1. The fourth-order valence-electron chi connectivity index (χ4n) is 2.52. The quantitative estimate of drug-likeness (QED) is 0.328. The summed E-state index contributed by atoms with van der Waals surface area (Å²) in [6, 6.07) is 12.9. The van der Waals surface area contributed by atoms with Crippen LogP contribution in [-0.4, -0.2) is 11.1 Å². The third kappa shape index (κ3) is 2.54. The van der Waals surface area contributed by atoms with Crippen LogP contribution in [-0.2, 0) is 0 Å². The summed E-state index contributed by atoms with van der Waals surface area (Å²) in [6.45, 7) is 1.56. The number of hydrogen-bond donors (Lipinski definition) is 2. The van der Waals surface area contributed by atoms with Crippen molar-refractivity contribution in [2.45, 2.75) is 6.92 Å².